The first-order valence-corrected chi connectivity index (χ1v) is 11.0. The van der Waals surface area contributed by atoms with Gasteiger partial charge in [-0.15, -0.1) is 0 Å². The number of aliphatic carboxylic acids is 1. The smallest absolute Gasteiger partial charge is 0.304 e. The number of hydrogen-bond donors (Lipinski definition) is 1. The average Bonchev–Trinajstić information content (AvgIpc) is 3.18. The van der Waals surface area contributed by atoms with E-state index in [-0.39, 0.29) is 12.5 Å². The maximum Gasteiger partial charge on any atom is 0.304 e. The van der Waals surface area contributed by atoms with E-state index in [1.54, 1.807) is 0 Å². The zero-order valence-corrected chi connectivity index (χ0v) is 17.8. The molecule has 3 aromatic carbocycles. The molecule has 2 aliphatic rings. The van der Waals surface area contributed by atoms with Crippen LogP contribution in [-0.2, 0) is 28.0 Å². The minimum atomic E-state index is -0.804. The minimum Gasteiger partial charge on any atom is -0.489 e. The van der Waals surface area contributed by atoms with Crippen molar-refractivity contribution in [2.75, 3.05) is 13.2 Å². The molecule has 1 aliphatic heterocycles. The molecular weight excluding hydrogens is 404 g/mol. The van der Waals surface area contributed by atoms with Gasteiger partial charge >= 0.3 is 5.97 Å². The number of carboxylic acids is 1. The highest BCUT2D eigenvalue weighted by Crippen LogP contribution is 2.39. The molecule has 3 aromatic rings. The summed E-state index contributed by atoms with van der Waals surface area (Å²) in [5, 5.41) is 9.25. The maximum absolute atomic E-state index is 11.3. The average molecular weight is 431 g/mol. The number of fused-ring (bicyclic) bond motifs is 1. The Morgan fingerprint density at radius 3 is 2.44 bits per heavy atom. The van der Waals surface area contributed by atoms with Crippen LogP contribution in [0, 0.1) is 0 Å². The van der Waals surface area contributed by atoms with Gasteiger partial charge in [-0.05, 0) is 59.4 Å². The van der Waals surface area contributed by atoms with Crippen molar-refractivity contribution in [2.45, 2.75) is 37.4 Å². The zero-order chi connectivity index (χ0) is 22.0. The lowest BCUT2D eigenvalue weighted by atomic mass is 9.76. The number of carboxylic acid groups (broad SMARTS) is 1. The summed E-state index contributed by atoms with van der Waals surface area (Å²) < 4.78 is 17.6. The fourth-order valence-electron chi connectivity index (χ4n) is 4.56. The summed E-state index contributed by atoms with van der Waals surface area (Å²) in [5.74, 6) is 0.827. The summed E-state index contributed by atoms with van der Waals surface area (Å²) >= 11 is 0. The van der Waals surface area contributed by atoms with E-state index in [1.807, 2.05) is 48.5 Å². The predicted octanol–water partition coefficient (Wildman–Crippen LogP) is 5.07. The van der Waals surface area contributed by atoms with Crippen LogP contribution >= 0.6 is 0 Å². The number of aryl methyl sites for hydroxylation is 1. The van der Waals surface area contributed by atoms with E-state index in [4.69, 9.17) is 14.2 Å². The van der Waals surface area contributed by atoms with E-state index < -0.39 is 11.4 Å². The second-order valence-corrected chi connectivity index (χ2v) is 8.65. The van der Waals surface area contributed by atoms with Gasteiger partial charge in [0.1, 0.15) is 24.2 Å². The summed E-state index contributed by atoms with van der Waals surface area (Å²) in [6.07, 6.45) is 1.97. The second kappa shape index (κ2) is 8.67. The number of benzene rings is 3. The van der Waals surface area contributed by atoms with Crippen molar-refractivity contribution >= 4 is 5.97 Å². The molecule has 1 atom stereocenters. The van der Waals surface area contributed by atoms with E-state index in [1.165, 1.54) is 11.1 Å². The molecule has 1 saturated heterocycles. The van der Waals surface area contributed by atoms with Crippen LogP contribution in [0.15, 0.2) is 72.8 Å². The quantitative estimate of drug-likeness (QED) is 0.540. The van der Waals surface area contributed by atoms with Crippen molar-refractivity contribution in [3.8, 4) is 11.5 Å². The highest BCUT2D eigenvalue weighted by Gasteiger charge is 2.42. The number of carbonyl (C=O) groups is 1. The lowest BCUT2D eigenvalue weighted by Crippen LogP contribution is -2.48. The van der Waals surface area contributed by atoms with E-state index >= 15 is 0 Å². The Hall–Kier alpha value is -3.31. The van der Waals surface area contributed by atoms with Gasteiger partial charge in [0.05, 0.1) is 25.0 Å². The fourth-order valence-corrected chi connectivity index (χ4v) is 4.56. The Balaban J connectivity index is 1.27. The van der Waals surface area contributed by atoms with Gasteiger partial charge in [-0.1, -0.05) is 48.5 Å². The summed E-state index contributed by atoms with van der Waals surface area (Å²) in [6.45, 7) is 1.43. The molecule has 0 amide bonds. The topological polar surface area (TPSA) is 65.0 Å². The third kappa shape index (κ3) is 4.21. The van der Waals surface area contributed by atoms with Gasteiger partial charge in [0.2, 0.25) is 0 Å². The maximum atomic E-state index is 11.3. The van der Waals surface area contributed by atoms with Crippen LogP contribution in [0.5, 0.6) is 11.5 Å². The van der Waals surface area contributed by atoms with Gasteiger partial charge in [0.25, 0.3) is 0 Å². The van der Waals surface area contributed by atoms with Crippen LogP contribution in [0.4, 0.5) is 0 Å². The first-order valence-electron chi connectivity index (χ1n) is 11.0. The first kappa shape index (κ1) is 20.6. The molecule has 5 nitrogen and oxygen atoms in total. The summed E-state index contributed by atoms with van der Waals surface area (Å²) in [5.41, 5.74) is 4.18. The third-order valence-electron chi connectivity index (χ3n) is 6.38. The molecule has 0 saturated carbocycles. The van der Waals surface area contributed by atoms with Crippen LogP contribution in [0.1, 0.15) is 41.2 Å². The number of rotatable bonds is 8. The lowest BCUT2D eigenvalue weighted by molar-refractivity contribution is -0.145. The van der Waals surface area contributed by atoms with Gasteiger partial charge in [-0.3, -0.25) is 4.79 Å². The van der Waals surface area contributed by atoms with Crippen LogP contribution in [0.2, 0.25) is 0 Å². The zero-order valence-electron chi connectivity index (χ0n) is 17.8. The van der Waals surface area contributed by atoms with Crippen molar-refractivity contribution in [3.63, 3.8) is 0 Å². The van der Waals surface area contributed by atoms with Crippen molar-refractivity contribution in [1.29, 1.82) is 0 Å². The Bertz CT molecular complexity index is 1090. The van der Waals surface area contributed by atoms with Crippen molar-refractivity contribution in [2.24, 2.45) is 0 Å². The SMILES string of the molecule is O=C(O)CC1(c2ccc(OC3CCc4ccc(OCc5ccccc5)cc43)cc2)COC1. The highest BCUT2D eigenvalue weighted by atomic mass is 16.5. The molecule has 0 radical (unpaired) electrons. The molecule has 0 spiro atoms. The standard InChI is InChI=1S/C27H26O5/c28-26(29)15-27(17-30-18-27)21-8-11-22(12-9-21)32-25-13-7-20-6-10-23(14-24(20)25)31-16-19-4-2-1-3-5-19/h1-6,8-12,14,25H,7,13,15-18H2,(H,28,29). The van der Waals surface area contributed by atoms with Crippen molar-refractivity contribution in [3.05, 3.63) is 95.1 Å². The summed E-state index contributed by atoms with van der Waals surface area (Å²) in [6, 6.07) is 24.2. The molecule has 1 unspecified atom stereocenters. The molecule has 32 heavy (non-hydrogen) atoms. The van der Waals surface area contributed by atoms with Crippen molar-refractivity contribution < 1.29 is 24.1 Å². The van der Waals surface area contributed by atoms with Gasteiger partial charge < -0.3 is 19.3 Å². The van der Waals surface area contributed by atoms with E-state index in [2.05, 4.69) is 24.3 Å². The van der Waals surface area contributed by atoms with Crippen LogP contribution < -0.4 is 9.47 Å². The lowest BCUT2D eigenvalue weighted by Gasteiger charge is -2.40. The highest BCUT2D eigenvalue weighted by molar-refractivity contribution is 5.69. The normalized spacial score (nSPS) is 18.4. The van der Waals surface area contributed by atoms with Gasteiger partial charge in [-0.2, -0.15) is 0 Å². The van der Waals surface area contributed by atoms with Gasteiger partial charge in [-0.25, -0.2) is 0 Å². The Labute approximate surface area is 187 Å². The Morgan fingerprint density at radius 1 is 1.00 bits per heavy atom. The molecule has 1 aliphatic carbocycles. The van der Waals surface area contributed by atoms with Crippen molar-refractivity contribution in [1.82, 2.24) is 0 Å². The predicted molar refractivity (Wildman–Crippen MR) is 120 cm³/mol. The van der Waals surface area contributed by atoms with Gasteiger partial charge in [0.15, 0.2) is 0 Å². The van der Waals surface area contributed by atoms with E-state index in [0.717, 1.165) is 35.5 Å². The Morgan fingerprint density at radius 2 is 1.75 bits per heavy atom. The Kier molecular flexibility index (Phi) is 5.58. The molecule has 5 rings (SSSR count). The van der Waals surface area contributed by atoms with E-state index in [0.29, 0.717) is 19.8 Å². The molecule has 1 heterocycles. The van der Waals surface area contributed by atoms with Crippen LogP contribution in [-0.4, -0.2) is 24.3 Å². The van der Waals surface area contributed by atoms with E-state index in [9.17, 15) is 9.90 Å². The monoisotopic (exact) mass is 430 g/mol. The molecule has 164 valence electrons. The fraction of sp³-hybridized carbons (Fsp3) is 0.296. The third-order valence-corrected chi connectivity index (χ3v) is 6.38. The van der Waals surface area contributed by atoms with Gasteiger partial charge in [0, 0.05) is 0 Å². The largest absolute Gasteiger partial charge is 0.489 e. The number of ether oxygens (including phenoxy) is 3. The van der Waals surface area contributed by atoms with Crippen LogP contribution in [0.25, 0.3) is 0 Å². The molecule has 1 fully saturated rings. The molecule has 0 aromatic heterocycles. The molecule has 1 N–H and O–H groups in total. The first-order chi connectivity index (χ1) is 15.6. The van der Waals surface area contributed by atoms with Crippen LogP contribution in [0.3, 0.4) is 0 Å². The molecular formula is C27H26O5. The molecule has 0 bridgehead atoms. The number of hydrogen-bond acceptors (Lipinski definition) is 4. The second-order valence-electron chi connectivity index (χ2n) is 8.65. The summed E-state index contributed by atoms with van der Waals surface area (Å²) in [7, 11) is 0. The summed E-state index contributed by atoms with van der Waals surface area (Å²) in [4.78, 5) is 11.3. The minimum absolute atomic E-state index is 0.0175. The molecule has 5 heteroatoms.